The fourth-order valence-corrected chi connectivity index (χ4v) is 6.21. The summed E-state index contributed by atoms with van der Waals surface area (Å²) in [5.41, 5.74) is 18.4. The van der Waals surface area contributed by atoms with Gasteiger partial charge in [0.25, 0.3) is 0 Å². The zero-order valence-corrected chi connectivity index (χ0v) is 23.6. The molecule has 0 spiro atoms. The van der Waals surface area contributed by atoms with E-state index < -0.39 is 5.91 Å². The molecule has 2 aliphatic rings. The molecule has 2 fully saturated rings. The Morgan fingerprint density at radius 1 is 0.976 bits per heavy atom. The van der Waals surface area contributed by atoms with Crippen LogP contribution < -0.4 is 16.8 Å². The van der Waals surface area contributed by atoms with Gasteiger partial charge in [-0.05, 0) is 105 Å². The summed E-state index contributed by atoms with van der Waals surface area (Å²) >= 11 is 0. The quantitative estimate of drug-likeness (QED) is 0.229. The van der Waals surface area contributed by atoms with Crippen molar-refractivity contribution >= 4 is 11.6 Å². The summed E-state index contributed by atoms with van der Waals surface area (Å²) in [5.74, 6) is 0.909. The van der Waals surface area contributed by atoms with Crippen molar-refractivity contribution in [3.63, 3.8) is 0 Å². The molecule has 1 aliphatic carbocycles. The molecular formula is C34H40N6O. The van der Waals surface area contributed by atoms with Gasteiger partial charge in [-0.3, -0.25) is 4.79 Å². The maximum absolute atomic E-state index is 12.0. The predicted octanol–water partition coefficient (Wildman–Crippen LogP) is 5.01. The number of anilines is 1. The predicted molar refractivity (Wildman–Crippen MR) is 165 cm³/mol. The molecule has 212 valence electrons. The third-order valence-electron chi connectivity index (χ3n) is 8.76. The highest BCUT2D eigenvalue weighted by Crippen LogP contribution is 2.41. The average molecular weight is 549 g/mol. The normalized spacial score (nSPS) is 19.3. The second kappa shape index (κ2) is 12.3. The number of hydrogen-bond donors (Lipinski definition) is 3. The smallest absolute Gasteiger partial charge is 0.249 e. The number of piperidine rings is 1. The van der Waals surface area contributed by atoms with E-state index in [1.165, 1.54) is 30.4 Å². The summed E-state index contributed by atoms with van der Waals surface area (Å²) < 4.78 is 1.98. The van der Waals surface area contributed by atoms with Crippen LogP contribution in [0.1, 0.15) is 53.1 Å². The van der Waals surface area contributed by atoms with Gasteiger partial charge in [-0.15, -0.1) is 0 Å². The molecule has 0 radical (unpaired) electrons. The number of primary amides is 1. The van der Waals surface area contributed by atoms with Gasteiger partial charge in [0.15, 0.2) is 0 Å². The number of hydrogen-bond acceptors (Lipinski definition) is 5. The fraction of sp³-hybridized carbons (Fsp3) is 0.353. The van der Waals surface area contributed by atoms with Crippen LogP contribution in [0.4, 0.5) is 5.69 Å². The van der Waals surface area contributed by atoms with Crippen LogP contribution in [-0.4, -0.2) is 52.8 Å². The number of aryl methyl sites for hydroxylation is 1. The first-order chi connectivity index (χ1) is 20.0. The molecular weight excluding hydrogens is 508 g/mol. The van der Waals surface area contributed by atoms with Crippen LogP contribution in [0.15, 0.2) is 85.2 Å². The maximum atomic E-state index is 12.0. The van der Waals surface area contributed by atoms with Crippen molar-refractivity contribution in [2.75, 3.05) is 31.9 Å². The number of rotatable bonds is 11. The molecule has 2 heterocycles. The molecule has 41 heavy (non-hydrogen) atoms. The first-order valence-corrected chi connectivity index (χ1v) is 14.9. The number of amides is 1. The van der Waals surface area contributed by atoms with Crippen molar-refractivity contribution in [2.45, 2.75) is 44.1 Å². The average Bonchev–Trinajstić information content (AvgIpc) is 3.61. The van der Waals surface area contributed by atoms with E-state index in [0.29, 0.717) is 23.2 Å². The molecule has 1 aliphatic heterocycles. The van der Waals surface area contributed by atoms with Gasteiger partial charge in [0.05, 0.1) is 11.9 Å². The number of likely N-dealkylation sites (tertiary alicyclic amines) is 1. The number of para-hydroxylation sites is 2. The Bertz CT molecular complexity index is 1470. The SMILES string of the molecule is NC(=O)c1ccc(CCCN2CCC(CNC3CC3c3cnn(-c4ccccc4)c3)CC2)cc1-c1ccccc1N. The molecule has 1 saturated carbocycles. The fourth-order valence-electron chi connectivity index (χ4n) is 6.21. The van der Waals surface area contributed by atoms with Crippen molar-refractivity contribution in [1.29, 1.82) is 0 Å². The van der Waals surface area contributed by atoms with E-state index >= 15 is 0 Å². The number of nitrogen functional groups attached to an aromatic ring is 1. The van der Waals surface area contributed by atoms with Crippen LogP contribution in [0, 0.1) is 5.92 Å². The van der Waals surface area contributed by atoms with Crippen LogP contribution >= 0.6 is 0 Å². The molecule has 1 saturated heterocycles. The van der Waals surface area contributed by atoms with Crippen molar-refractivity contribution in [3.8, 4) is 16.8 Å². The van der Waals surface area contributed by atoms with Crippen molar-refractivity contribution < 1.29 is 4.79 Å². The lowest BCUT2D eigenvalue weighted by atomic mass is 9.94. The highest BCUT2D eigenvalue weighted by molar-refractivity contribution is 6.01. The monoisotopic (exact) mass is 548 g/mol. The Labute approximate surface area is 242 Å². The minimum Gasteiger partial charge on any atom is -0.398 e. The number of nitrogens with two attached hydrogens (primary N) is 2. The Hall–Kier alpha value is -3.94. The molecule has 7 heteroatoms. The molecule has 1 aromatic heterocycles. The van der Waals surface area contributed by atoms with Gasteiger partial charge in [-0.2, -0.15) is 5.10 Å². The molecule has 0 bridgehead atoms. The molecule has 6 rings (SSSR count). The summed E-state index contributed by atoms with van der Waals surface area (Å²) in [7, 11) is 0. The Balaban J connectivity index is 0.929. The van der Waals surface area contributed by atoms with E-state index in [0.717, 1.165) is 61.8 Å². The van der Waals surface area contributed by atoms with Crippen molar-refractivity contribution in [1.82, 2.24) is 20.0 Å². The van der Waals surface area contributed by atoms with Crippen LogP contribution in [0.3, 0.4) is 0 Å². The second-order valence-corrected chi connectivity index (χ2v) is 11.6. The zero-order chi connectivity index (χ0) is 28.2. The van der Waals surface area contributed by atoms with E-state index in [2.05, 4.69) is 39.7 Å². The van der Waals surface area contributed by atoms with Gasteiger partial charge < -0.3 is 21.7 Å². The number of carbonyl (C=O) groups is 1. The third kappa shape index (κ3) is 6.53. The van der Waals surface area contributed by atoms with Gasteiger partial charge in [-0.25, -0.2) is 4.68 Å². The van der Waals surface area contributed by atoms with Gasteiger partial charge in [0, 0.05) is 35.0 Å². The number of aromatic nitrogens is 2. The largest absolute Gasteiger partial charge is 0.398 e. The first-order valence-electron chi connectivity index (χ1n) is 14.9. The molecule has 2 atom stereocenters. The maximum Gasteiger partial charge on any atom is 0.249 e. The Morgan fingerprint density at radius 3 is 2.54 bits per heavy atom. The van der Waals surface area contributed by atoms with E-state index in [1.54, 1.807) is 0 Å². The first kappa shape index (κ1) is 27.2. The standard InChI is InChI=1S/C34H40N6O/c35-32-11-5-4-10-28(32)31-19-24(12-13-29(31)34(36)41)7-6-16-39-17-14-25(15-18-39)21-37-33-20-30(33)26-22-38-40(23-26)27-8-2-1-3-9-27/h1-5,8-13,19,22-23,25,30,33,37H,6-7,14-18,20-21,35H2,(H2,36,41). The zero-order valence-electron chi connectivity index (χ0n) is 23.6. The molecule has 5 N–H and O–H groups in total. The molecule has 3 aromatic carbocycles. The number of nitrogens with zero attached hydrogens (tertiary/aromatic N) is 3. The molecule has 4 aromatic rings. The Morgan fingerprint density at radius 2 is 1.76 bits per heavy atom. The lowest BCUT2D eigenvalue weighted by Gasteiger charge is -2.32. The molecule has 2 unspecified atom stereocenters. The van der Waals surface area contributed by atoms with Crippen LogP contribution in [-0.2, 0) is 6.42 Å². The van der Waals surface area contributed by atoms with Gasteiger partial charge in [-0.1, -0.05) is 48.5 Å². The summed E-state index contributed by atoms with van der Waals surface area (Å²) in [6.07, 6.45) is 9.97. The van der Waals surface area contributed by atoms with Crippen LogP contribution in [0.25, 0.3) is 16.8 Å². The summed E-state index contributed by atoms with van der Waals surface area (Å²) in [4.78, 5) is 14.6. The van der Waals surface area contributed by atoms with E-state index in [-0.39, 0.29) is 0 Å². The number of nitrogens with one attached hydrogen (secondary N) is 1. The highest BCUT2D eigenvalue weighted by Gasteiger charge is 2.39. The van der Waals surface area contributed by atoms with Crippen LogP contribution in [0.5, 0.6) is 0 Å². The van der Waals surface area contributed by atoms with E-state index in [1.807, 2.05) is 65.5 Å². The second-order valence-electron chi connectivity index (χ2n) is 11.6. The number of benzene rings is 3. The molecule has 1 amide bonds. The van der Waals surface area contributed by atoms with Gasteiger partial charge in [0.2, 0.25) is 5.91 Å². The summed E-state index contributed by atoms with van der Waals surface area (Å²) in [6, 6.07) is 24.5. The summed E-state index contributed by atoms with van der Waals surface area (Å²) in [5, 5.41) is 8.42. The highest BCUT2D eigenvalue weighted by atomic mass is 16.1. The molecule has 7 nitrogen and oxygen atoms in total. The van der Waals surface area contributed by atoms with Crippen molar-refractivity contribution in [3.05, 3.63) is 102 Å². The lowest BCUT2D eigenvalue weighted by molar-refractivity contribution is 0.100. The summed E-state index contributed by atoms with van der Waals surface area (Å²) in [6.45, 7) is 4.53. The topological polar surface area (TPSA) is 102 Å². The Kier molecular flexibility index (Phi) is 8.16. The van der Waals surface area contributed by atoms with E-state index in [4.69, 9.17) is 11.5 Å². The third-order valence-corrected chi connectivity index (χ3v) is 8.76. The van der Waals surface area contributed by atoms with E-state index in [9.17, 15) is 4.79 Å². The van der Waals surface area contributed by atoms with Crippen LogP contribution in [0.2, 0.25) is 0 Å². The minimum atomic E-state index is -0.427. The van der Waals surface area contributed by atoms with Crippen molar-refractivity contribution in [2.24, 2.45) is 11.7 Å². The lowest BCUT2D eigenvalue weighted by Crippen LogP contribution is -2.38. The number of carbonyl (C=O) groups excluding carboxylic acids is 1. The van der Waals surface area contributed by atoms with Gasteiger partial charge in [0.1, 0.15) is 0 Å². The minimum absolute atomic E-state index is 0.427. The van der Waals surface area contributed by atoms with Gasteiger partial charge >= 0.3 is 0 Å².